The van der Waals surface area contributed by atoms with Gasteiger partial charge in [-0.05, 0) is 42.5 Å². The number of halogens is 2. The van der Waals surface area contributed by atoms with Crippen molar-refractivity contribution in [2.45, 2.75) is 11.6 Å². The molecular formula is C24H17Cl2N5OS. The molecule has 1 heterocycles. The van der Waals surface area contributed by atoms with Gasteiger partial charge in [-0.3, -0.25) is 9.36 Å². The number of nitrogens with one attached hydrogen (secondary N) is 1. The van der Waals surface area contributed by atoms with E-state index in [1.165, 1.54) is 11.8 Å². The summed E-state index contributed by atoms with van der Waals surface area (Å²) < 4.78 is 1.91. The van der Waals surface area contributed by atoms with Crippen LogP contribution in [0.5, 0.6) is 0 Å². The van der Waals surface area contributed by atoms with Gasteiger partial charge in [-0.25, -0.2) is 0 Å². The number of amides is 1. The number of nitrogens with zero attached hydrogens (tertiary/aromatic N) is 4. The molecule has 0 aliphatic rings. The van der Waals surface area contributed by atoms with Crippen molar-refractivity contribution in [1.29, 1.82) is 5.26 Å². The first-order valence-corrected chi connectivity index (χ1v) is 11.7. The van der Waals surface area contributed by atoms with E-state index in [0.29, 0.717) is 43.6 Å². The van der Waals surface area contributed by atoms with Gasteiger partial charge < -0.3 is 5.32 Å². The van der Waals surface area contributed by atoms with Gasteiger partial charge in [0, 0.05) is 28.4 Å². The van der Waals surface area contributed by atoms with E-state index in [-0.39, 0.29) is 12.3 Å². The minimum atomic E-state index is -0.183. The summed E-state index contributed by atoms with van der Waals surface area (Å²) in [7, 11) is 0. The quantitative estimate of drug-likeness (QED) is 0.308. The number of aromatic nitrogens is 3. The number of nitriles is 1. The van der Waals surface area contributed by atoms with Crippen molar-refractivity contribution in [2.24, 2.45) is 0 Å². The molecule has 4 rings (SSSR count). The van der Waals surface area contributed by atoms with Gasteiger partial charge in [0.05, 0.1) is 16.3 Å². The molecule has 1 amide bonds. The standard InChI is InChI=1S/C24H17Cl2N5OS/c25-17-10-11-19(20(26)14-17)23-29-30-24(31(23)18-7-2-1-3-8-18)33-13-12-22(32)28-21-9-5-4-6-16(21)15-27/h1-11,14H,12-13H2,(H,28,32). The lowest BCUT2D eigenvalue weighted by Gasteiger charge is -2.11. The summed E-state index contributed by atoms with van der Waals surface area (Å²) >= 11 is 13.9. The first kappa shape index (κ1) is 22.9. The molecule has 3 aromatic carbocycles. The van der Waals surface area contributed by atoms with Crippen molar-refractivity contribution in [2.75, 3.05) is 11.1 Å². The van der Waals surface area contributed by atoms with Gasteiger partial charge in [0.2, 0.25) is 5.91 Å². The fraction of sp³-hybridized carbons (Fsp3) is 0.0833. The minimum Gasteiger partial charge on any atom is -0.325 e. The Labute approximate surface area is 205 Å². The molecule has 0 bridgehead atoms. The minimum absolute atomic E-state index is 0.183. The maximum Gasteiger partial charge on any atom is 0.225 e. The van der Waals surface area contributed by atoms with Crippen molar-refractivity contribution >= 4 is 46.6 Å². The highest BCUT2D eigenvalue weighted by molar-refractivity contribution is 7.99. The predicted octanol–water partition coefficient (Wildman–Crippen LogP) is 6.23. The lowest BCUT2D eigenvalue weighted by Crippen LogP contribution is -2.13. The lowest BCUT2D eigenvalue weighted by atomic mass is 10.2. The number of anilines is 1. The van der Waals surface area contributed by atoms with E-state index in [1.807, 2.05) is 41.0 Å². The average molecular weight is 494 g/mol. The summed E-state index contributed by atoms with van der Waals surface area (Å²) in [5.74, 6) is 0.870. The molecule has 0 atom stereocenters. The first-order chi connectivity index (χ1) is 16.1. The molecule has 6 nitrogen and oxygen atoms in total. The molecule has 0 aliphatic carbocycles. The molecule has 1 aromatic heterocycles. The maximum atomic E-state index is 12.4. The van der Waals surface area contributed by atoms with Gasteiger partial charge in [0.1, 0.15) is 6.07 Å². The zero-order valence-corrected chi connectivity index (χ0v) is 19.5. The molecule has 0 spiro atoms. The third-order valence-corrected chi connectivity index (χ3v) is 6.18. The van der Waals surface area contributed by atoms with Crippen molar-refractivity contribution in [3.63, 3.8) is 0 Å². The van der Waals surface area contributed by atoms with Gasteiger partial charge in [0.25, 0.3) is 0 Å². The SMILES string of the molecule is N#Cc1ccccc1NC(=O)CCSc1nnc(-c2ccc(Cl)cc2Cl)n1-c1ccccc1. The van der Waals surface area contributed by atoms with E-state index in [1.54, 1.807) is 36.4 Å². The molecule has 0 aliphatic heterocycles. The van der Waals surface area contributed by atoms with Crippen LogP contribution in [0, 0.1) is 11.3 Å². The second-order valence-corrected chi connectivity index (χ2v) is 8.81. The second-order valence-electron chi connectivity index (χ2n) is 6.91. The van der Waals surface area contributed by atoms with Crippen LogP contribution in [0.25, 0.3) is 17.1 Å². The number of benzene rings is 3. The fourth-order valence-electron chi connectivity index (χ4n) is 3.16. The topological polar surface area (TPSA) is 83.6 Å². The van der Waals surface area contributed by atoms with Crippen molar-refractivity contribution in [1.82, 2.24) is 14.8 Å². The molecule has 0 fully saturated rings. The number of carbonyl (C=O) groups excluding carboxylic acids is 1. The lowest BCUT2D eigenvalue weighted by molar-refractivity contribution is -0.115. The Balaban J connectivity index is 1.54. The van der Waals surface area contributed by atoms with Crippen LogP contribution in [0.1, 0.15) is 12.0 Å². The summed E-state index contributed by atoms with van der Waals surface area (Å²) in [6, 6.07) is 23.9. The maximum absolute atomic E-state index is 12.4. The predicted molar refractivity (Wildman–Crippen MR) is 132 cm³/mol. The molecule has 0 saturated heterocycles. The highest BCUT2D eigenvalue weighted by atomic mass is 35.5. The van der Waals surface area contributed by atoms with Gasteiger partial charge in [-0.2, -0.15) is 5.26 Å². The average Bonchev–Trinajstić information content (AvgIpc) is 3.23. The highest BCUT2D eigenvalue weighted by Crippen LogP contribution is 2.33. The third-order valence-electron chi connectivity index (χ3n) is 4.70. The van der Waals surface area contributed by atoms with Crippen LogP contribution in [0.2, 0.25) is 10.0 Å². The Hall–Kier alpha value is -3.31. The van der Waals surface area contributed by atoms with E-state index < -0.39 is 0 Å². The summed E-state index contributed by atoms with van der Waals surface area (Å²) in [5, 5.41) is 22.3. The molecule has 9 heteroatoms. The summed E-state index contributed by atoms with van der Waals surface area (Å²) in [4.78, 5) is 12.4. The van der Waals surface area contributed by atoms with Gasteiger partial charge in [-0.15, -0.1) is 10.2 Å². The number of carbonyl (C=O) groups is 1. The summed E-state index contributed by atoms with van der Waals surface area (Å²) in [5.41, 5.74) is 2.50. The van der Waals surface area contributed by atoms with Crippen LogP contribution in [-0.2, 0) is 4.79 Å². The van der Waals surface area contributed by atoms with Crippen LogP contribution >= 0.6 is 35.0 Å². The van der Waals surface area contributed by atoms with Crippen molar-refractivity contribution in [3.8, 4) is 23.1 Å². The van der Waals surface area contributed by atoms with E-state index in [0.717, 1.165) is 5.69 Å². The molecule has 0 radical (unpaired) electrons. The molecule has 0 saturated carbocycles. The Morgan fingerprint density at radius 1 is 1.03 bits per heavy atom. The number of hydrogen-bond donors (Lipinski definition) is 1. The zero-order valence-electron chi connectivity index (χ0n) is 17.2. The van der Waals surface area contributed by atoms with Crippen LogP contribution in [0.3, 0.4) is 0 Å². The van der Waals surface area contributed by atoms with Crippen molar-refractivity contribution < 1.29 is 4.79 Å². The number of hydrogen-bond acceptors (Lipinski definition) is 5. The summed E-state index contributed by atoms with van der Waals surface area (Å²) in [6.07, 6.45) is 0.239. The van der Waals surface area contributed by atoms with Crippen LogP contribution < -0.4 is 5.32 Å². The Morgan fingerprint density at radius 3 is 2.55 bits per heavy atom. The van der Waals surface area contributed by atoms with Crippen molar-refractivity contribution in [3.05, 3.63) is 88.4 Å². The van der Waals surface area contributed by atoms with E-state index in [4.69, 9.17) is 23.2 Å². The Kier molecular flexibility index (Phi) is 7.30. The fourth-order valence-corrected chi connectivity index (χ4v) is 4.54. The van der Waals surface area contributed by atoms with Gasteiger partial charge in [0.15, 0.2) is 11.0 Å². The largest absolute Gasteiger partial charge is 0.325 e. The van der Waals surface area contributed by atoms with Crippen LogP contribution in [0.4, 0.5) is 5.69 Å². The normalized spacial score (nSPS) is 10.6. The zero-order chi connectivity index (χ0) is 23.2. The smallest absolute Gasteiger partial charge is 0.225 e. The van der Waals surface area contributed by atoms with E-state index >= 15 is 0 Å². The van der Waals surface area contributed by atoms with Crippen LogP contribution in [0.15, 0.2) is 78.0 Å². The van der Waals surface area contributed by atoms with E-state index in [2.05, 4.69) is 21.6 Å². The number of para-hydroxylation sites is 2. The molecule has 4 aromatic rings. The Bertz CT molecular complexity index is 1330. The van der Waals surface area contributed by atoms with Gasteiger partial charge in [-0.1, -0.05) is 65.3 Å². The highest BCUT2D eigenvalue weighted by Gasteiger charge is 2.19. The monoisotopic (exact) mass is 493 g/mol. The number of rotatable bonds is 7. The molecule has 1 N–H and O–H groups in total. The Morgan fingerprint density at radius 2 is 1.79 bits per heavy atom. The first-order valence-electron chi connectivity index (χ1n) is 9.95. The van der Waals surface area contributed by atoms with Crippen LogP contribution in [-0.4, -0.2) is 26.4 Å². The molecule has 164 valence electrons. The number of thioether (sulfide) groups is 1. The van der Waals surface area contributed by atoms with Gasteiger partial charge >= 0.3 is 0 Å². The molecule has 33 heavy (non-hydrogen) atoms. The molecular weight excluding hydrogens is 477 g/mol. The van der Waals surface area contributed by atoms with E-state index in [9.17, 15) is 10.1 Å². The third kappa shape index (κ3) is 5.37. The second kappa shape index (κ2) is 10.5. The molecule has 0 unspecified atom stereocenters. The summed E-state index contributed by atoms with van der Waals surface area (Å²) in [6.45, 7) is 0.